The predicted octanol–water partition coefficient (Wildman–Crippen LogP) is 4.49. The molecule has 1 atom stereocenters. The third-order valence-electron chi connectivity index (χ3n) is 3.19. The highest BCUT2D eigenvalue weighted by atomic mass is 32.1. The molecule has 7 heteroatoms. The van der Waals surface area contributed by atoms with Gasteiger partial charge in [-0.1, -0.05) is 29.8 Å². The lowest BCUT2D eigenvalue weighted by Gasteiger charge is -2.37. The van der Waals surface area contributed by atoms with Gasteiger partial charge in [0.2, 0.25) is 0 Å². The predicted molar refractivity (Wildman–Crippen MR) is 69.5 cm³/mol. The van der Waals surface area contributed by atoms with Crippen LogP contribution in [0.5, 0.6) is 0 Å². The second-order valence-electron chi connectivity index (χ2n) is 4.66. The maximum atomic E-state index is 14.0. The van der Waals surface area contributed by atoms with Crippen LogP contribution < -0.4 is 0 Å². The molecule has 1 unspecified atom stereocenters. The molecule has 0 fully saturated rings. The lowest BCUT2D eigenvalue weighted by Crippen LogP contribution is -2.55. The molecule has 0 amide bonds. The van der Waals surface area contributed by atoms with Gasteiger partial charge in [0.05, 0.1) is 0 Å². The van der Waals surface area contributed by atoms with Crippen LogP contribution >= 0.6 is 11.3 Å². The highest BCUT2D eigenvalue weighted by Crippen LogP contribution is 2.52. The normalized spacial score (nSPS) is 15.8. The zero-order chi connectivity index (χ0) is 15.9. The Morgan fingerprint density at radius 3 is 2.14 bits per heavy atom. The largest absolute Gasteiger partial charge is 0.457 e. The molecule has 0 bridgehead atoms. The van der Waals surface area contributed by atoms with Crippen molar-refractivity contribution in [1.29, 1.82) is 0 Å². The van der Waals surface area contributed by atoms with Crippen molar-refractivity contribution in [2.75, 3.05) is 0 Å². The Bertz CT molecular complexity index is 621. The van der Waals surface area contributed by atoms with E-state index in [1.165, 1.54) is 11.4 Å². The smallest absolute Gasteiger partial charge is 0.374 e. The molecule has 0 spiro atoms. The average Bonchev–Trinajstić information content (AvgIpc) is 2.90. The van der Waals surface area contributed by atoms with Gasteiger partial charge in [0.15, 0.2) is 5.60 Å². The monoisotopic (exact) mass is 322 g/mol. The first-order chi connectivity index (χ1) is 9.60. The quantitative estimate of drug-likeness (QED) is 0.826. The molecule has 2 rings (SSSR count). The van der Waals surface area contributed by atoms with E-state index in [4.69, 9.17) is 0 Å². The average molecular weight is 322 g/mol. The Morgan fingerprint density at radius 2 is 1.67 bits per heavy atom. The van der Waals surface area contributed by atoms with Gasteiger partial charge in [0.1, 0.15) is 0 Å². The SMILES string of the molecule is Cc1cccc(C(O)(c2ccsc2)C(F)(F)C(F)(F)F)c1. The second kappa shape index (κ2) is 5.06. The third kappa shape index (κ3) is 2.44. The molecule has 2 aromatic rings. The summed E-state index contributed by atoms with van der Waals surface area (Å²) in [7, 11) is 0. The van der Waals surface area contributed by atoms with Crippen LogP contribution in [-0.4, -0.2) is 17.2 Å². The summed E-state index contributed by atoms with van der Waals surface area (Å²) in [4.78, 5) is 0. The molecule has 1 heterocycles. The first-order valence-electron chi connectivity index (χ1n) is 5.87. The minimum absolute atomic E-state index is 0.471. The Kier molecular flexibility index (Phi) is 3.84. The van der Waals surface area contributed by atoms with Crippen molar-refractivity contribution in [1.82, 2.24) is 0 Å². The summed E-state index contributed by atoms with van der Waals surface area (Å²) in [6.07, 6.45) is -5.88. The fourth-order valence-electron chi connectivity index (χ4n) is 2.07. The number of aliphatic hydroxyl groups is 1. The number of hydrogen-bond acceptors (Lipinski definition) is 2. The minimum Gasteiger partial charge on any atom is -0.374 e. The topological polar surface area (TPSA) is 20.2 Å². The van der Waals surface area contributed by atoms with Crippen molar-refractivity contribution >= 4 is 11.3 Å². The summed E-state index contributed by atoms with van der Waals surface area (Å²) in [5.41, 5.74) is -3.97. The van der Waals surface area contributed by atoms with E-state index >= 15 is 0 Å². The van der Waals surface area contributed by atoms with E-state index < -0.39 is 28.8 Å². The lowest BCUT2D eigenvalue weighted by molar-refractivity contribution is -0.336. The highest BCUT2D eigenvalue weighted by Gasteiger charge is 2.71. The minimum atomic E-state index is -5.88. The molecule has 21 heavy (non-hydrogen) atoms. The second-order valence-corrected chi connectivity index (χ2v) is 5.44. The molecule has 0 saturated heterocycles. The molecule has 1 N–H and O–H groups in total. The fraction of sp³-hybridized carbons (Fsp3) is 0.286. The van der Waals surface area contributed by atoms with Crippen LogP contribution in [0.2, 0.25) is 0 Å². The summed E-state index contributed by atoms with van der Waals surface area (Å²) >= 11 is 0.931. The van der Waals surface area contributed by atoms with Crippen molar-refractivity contribution in [2.45, 2.75) is 24.6 Å². The van der Waals surface area contributed by atoms with Gasteiger partial charge in [-0.05, 0) is 29.3 Å². The molecule has 0 radical (unpaired) electrons. The number of benzene rings is 1. The number of alkyl halides is 5. The number of hydrogen-bond donors (Lipinski definition) is 1. The fourth-order valence-corrected chi connectivity index (χ4v) is 2.77. The number of rotatable bonds is 3. The molecular weight excluding hydrogens is 311 g/mol. The van der Waals surface area contributed by atoms with Crippen LogP contribution in [0.1, 0.15) is 16.7 Å². The van der Waals surface area contributed by atoms with E-state index in [9.17, 15) is 27.1 Å². The van der Waals surface area contributed by atoms with Crippen molar-refractivity contribution in [2.24, 2.45) is 0 Å². The highest BCUT2D eigenvalue weighted by molar-refractivity contribution is 7.08. The van der Waals surface area contributed by atoms with E-state index in [1.54, 1.807) is 13.0 Å². The zero-order valence-electron chi connectivity index (χ0n) is 10.8. The van der Waals surface area contributed by atoms with Crippen molar-refractivity contribution < 1.29 is 27.1 Å². The Hall–Kier alpha value is -1.47. The standard InChI is InChI=1S/C14H11F5OS/c1-9-3-2-4-10(7-9)12(20,11-5-6-21-8-11)13(15,16)14(17,18)19/h2-8,20H,1H3. The van der Waals surface area contributed by atoms with E-state index in [2.05, 4.69) is 0 Å². The Labute approximate surface area is 121 Å². The molecule has 1 aromatic heterocycles. The van der Waals surface area contributed by atoms with Gasteiger partial charge in [0, 0.05) is 5.56 Å². The van der Waals surface area contributed by atoms with Gasteiger partial charge >= 0.3 is 12.1 Å². The van der Waals surface area contributed by atoms with E-state index in [0.29, 0.717) is 5.56 Å². The first-order valence-corrected chi connectivity index (χ1v) is 6.81. The van der Waals surface area contributed by atoms with Crippen LogP contribution in [0.3, 0.4) is 0 Å². The molecule has 1 nitrogen and oxygen atoms in total. The number of halogens is 5. The molecule has 0 aliphatic rings. The maximum Gasteiger partial charge on any atom is 0.457 e. The van der Waals surface area contributed by atoms with Crippen molar-refractivity contribution in [3.8, 4) is 0 Å². The molecule has 0 saturated carbocycles. The van der Waals surface area contributed by atoms with Crippen LogP contribution in [0, 0.1) is 6.92 Å². The summed E-state index contributed by atoms with van der Waals surface area (Å²) < 4.78 is 66.4. The summed E-state index contributed by atoms with van der Waals surface area (Å²) in [6.45, 7) is 1.54. The molecule has 0 aliphatic heterocycles. The van der Waals surface area contributed by atoms with Gasteiger partial charge < -0.3 is 5.11 Å². The summed E-state index contributed by atoms with van der Waals surface area (Å²) in [5, 5.41) is 12.8. The lowest BCUT2D eigenvalue weighted by atomic mass is 9.81. The van der Waals surface area contributed by atoms with Gasteiger partial charge in [-0.25, -0.2) is 0 Å². The van der Waals surface area contributed by atoms with E-state index in [0.717, 1.165) is 34.9 Å². The first kappa shape index (κ1) is 15.9. The maximum absolute atomic E-state index is 14.0. The van der Waals surface area contributed by atoms with Crippen LogP contribution in [0.4, 0.5) is 22.0 Å². The van der Waals surface area contributed by atoms with E-state index in [-0.39, 0.29) is 0 Å². The molecular formula is C14H11F5OS. The van der Waals surface area contributed by atoms with Gasteiger partial charge in [0.25, 0.3) is 0 Å². The summed E-state index contributed by atoms with van der Waals surface area (Å²) in [6, 6.07) is 6.12. The van der Waals surface area contributed by atoms with Crippen LogP contribution in [-0.2, 0) is 5.60 Å². The Morgan fingerprint density at radius 1 is 1.00 bits per heavy atom. The number of aryl methyl sites for hydroxylation is 1. The van der Waals surface area contributed by atoms with Crippen molar-refractivity contribution in [3.63, 3.8) is 0 Å². The van der Waals surface area contributed by atoms with Crippen LogP contribution in [0.25, 0.3) is 0 Å². The molecule has 1 aromatic carbocycles. The third-order valence-corrected chi connectivity index (χ3v) is 3.87. The van der Waals surface area contributed by atoms with Crippen LogP contribution in [0.15, 0.2) is 41.1 Å². The van der Waals surface area contributed by atoms with Gasteiger partial charge in [-0.15, -0.1) is 0 Å². The molecule has 0 aliphatic carbocycles. The zero-order valence-corrected chi connectivity index (χ0v) is 11.6. The number of thiophene rings is 1. The van der Waals surface area contributed by atoms with Gasteiger partial charge in [-0.2, -0.15) is 33.3 Å². The van der Waals surface area contributed by atoms with Crippen molar-refractivity contribution in [3.05, 3.63) is 57.8 Å². The van der Waals surface area contributed by atoms with Gasteiger partial charge in [-0.3, -0.25) is 0 Å². The molecule has 114 valence electrons. The summed E-state index contributed by atoms with van der Waals surface area (Å²) in [5.74, 6) is -5.32. The Balaban J connectivity index is 2.73. The van der Waals surface area contributed by atoms with E-state index in [1.807, 2.05) is 0 Å².